The summed E-state index contributed by atoms with van der Waals surface area (Å²) in [5.41, 5.74) is 6.10. The maximum absolute atomic E-state index is 13.7. The fourth-order valence-corrected chi connectivity index (χ4v) is 3.73. The molecule has 0 bridgehead atoms. The molecule has 0 radical (unpaired) electrons. The summed E-state index contributed by atoms with van der Waals surface area (Å²) in [6.07, 6.45) is -1.51. The Morgan fingerprint density at radius 1 is 1.08 bits per heavy atom. The number of alkyl carbamates (subject to hydrolysis) is 1. The molecule has 0 aliphatic heterocycles. The molecule has 38 heavy (non-hydrogen) atoms. The fourth-order valence-electron chi connectivity index (χ4n) is 3.73. The molecule has 0 fully saturated rings. The highest BCUT2D eigenvalue weighted by Crippen LogP contribution is 2.27. The van der Waals surface area contributed by atoms with Crippen molar-refractivity contribution in [3.63, 3.8) is 0 Å². The molecule has 2 unspecified atom stereocenters. The van der Waals surface area contributed by atoms with E-state index in [0.717, 1.165) is 10.5 Å². The number of ether oxygens (including phenoxy) is 1. The monoisotopic (exact) mass is 528 g/mol. The summed E-state index contributed by atoms with van der Waals surface area (Å²) < 4.78 is 5.22. The van der Waals surface area contributed by atoms with Gasteiger partial charge in [0.2, 0.25) is 17.7 Å². The van der Waals surface area contributed by atoms with E-state index in [1.165, 1.54) is 12.1 Å². The van der Waals surface area contributed by atoms with Crippen LogP contribution in [0.2, 0.25) is 0 Å². The lowest BCUT2D eigenvalue weighted by Crippen LogP contribution is -2.54. The van der Waals surface area contributed by atoms with Gasteiger partial charge in [0.15, 0.2) is 0 Å². The van der Waals surface area contributed by atoms with Gasteiger partial charge in [-0.05, 0) is 56.5 Å². The van der Waals surface area contributed by atoms with Gasteiger partial charge in [-0.3, -0.25) is 14.4 Å². The Kier molecular flexibility index (Phi) is 10.6. The predicted molar refractivity (Wildman–Crippen MR) is 140 cm³/mol. The van der Waals surface area contributed by atoms with Crippen LogP contribution in [0, 0.1) is 6.92 Å². The highest BCUT2D eigenvalue weighted by atomic mass is 16.6. The van der Waals surface area contributed by atoms with Crippen molar-refractivity contribution < 1.29 is 34.1 Å². The molecule has 0 spiro atoms. The molecule has 0 saturated carbocycles. The normalized spacial score (nSPS) is 12.7. The van der Waals surface area contributed by atoms with Gasteiger partial charge in [0, 0.05) is 13.1 Å². The van der Waals surface area contributed by atoms with Crippen LogP contribution in [0.25, 0.3) is 0 Å². The van der Waals surface area contributed by atoms with Crippen molar-refractivity contribution in [1.82, 2.24) is 15.5 Å². The summed E-state index contributed by atoms with van der Waals surface area (Å²) in [5.74, 6) is -2.27. The fraction of sp³-hybridized carbons (Fsp3) is 0.407. The lowest BCUT2D eigenvalue weighted by atomic mass is 9.99. The number of rotatable bonds is 11. The van der Waals surface area contributed by atoms with Crippen LogP contribution < -0.4 is 16.4 Å². The van der Waals surface area contributed by atoms with Gasteiger partial charge in [0.05, 0.1) is 13.0 Å². The number of aromatic hydroxyl groups is 1. The number of nitrogens with one attached hydrogen (secondary N) is 2. The Morgan fingerprint density at radius 3 is 2.29 bits per heavy atom. The van der Waals surface area contributed by atoms with Gasteiger partial charge in [0.25, 0.3) is 0 Å². The maximum atomic E-state index is 13.7. The van der Waals surface area contributed by atoms with E-state index in [9.17, 15) is 29.4 Å². The molecule has 0 aliphatic rings. The first-order valence-electron chi connectivity index (χ1n) is 12.1. The predicted octanol–water partition coefficient (Wildman–Crippen LogP) is 1.65. The largest absolute Gasteiger partial charge is 0.508 e. The van der Waals surface area contributed by atoms with E-state index in [0.29, 0.717) is 11.1 Å². The van der Waals surface area contributed by atoms with Crippen LogP contribution in [-0.4, -0.2) is 63.7 Å². The summed E-state index contributed by atoms with van der Waals surface area (Å²) in [6.45, 7) is 5.89. The van der Waals surface area contributed by atoms with Gasteiger partial charge >= 0.3 is 6.09 Å². The van der Waals surface area contributed by atoms with Crippen molar-refractivity contribution in [2.24, 2.45) is 5.73 Å². The van der Waals surface area contributed by atoms with Gasteiger partial charge in [-0.1, -0.05) is 36.4 Å². The van der Waals surface area contributed by atoms with Crippen LogP contribution >= 0.6 is 0 Å². The zero-order valence-electron chi connectivity index (χ0n) is 22.1. The Bertz CT molecular complexity index is 1130. The highest BCUT2D eigenvalue weighted by Gasteiger charge is 2.37. The van der Waals surface area contributed by atoms with Crippen LogP contribution in [-0.2, 0) is 25.7 Å². The number of benzene rings is 2. The summed E-state index contributed by atoms with van der Waals surface area (Å²) in [5, 5.41) is 25.0. The number of aliphatic hydroxyl groups is 1. The minimum atomic E-state index is -1.46. The van der Waals surface area contributed by atoms with E-state index >= 15 is 0 Å². The Hall–Kier alpha value is -4.12. The third-order valence-corrected chi connectivity index (χ3v) is 5.42. The number of nitrogens with zero attached hydrogens (tertiary/aromatic N) is 1. The molecule has 6 N–H and O–H groups in total. The minimum absolute atomic E-state index is 0.00424. The van der Waals surface area contributed by atoms with E-state index in [2.05, 4.69) is 10.6 Å². The van der Waals surface area contributed by atoms with Crippen LogP contribution in [0.1, 0.15) is 49.9 Å². The van der Waals surface area contributed by atoms with E-state index in [4.69, 9.17) is 10.5 Å². The van der Waals surface area contributed by atoms with Crippen molar-refractivity contribution in [3.8, 4) is 5.75 Å². The molecular formula is C27H36N4O7. The molecule has 4 amide bonds. The number of carbonyl (C=O) groups excluding carboxylic acids is 4. The molecule has 206 valence electrons. The number of hydrogen-bond acceptors (Lipinski definition) is 7. The number of aliphatic hydroxyl groups excluding tert-OH is 1. The molecule has 0 aromatic heterocycles. The molecule has 2 aromatic rings. The minimum Gasteiger partial charge on any atom is -0.508 e. The van der Waals surface area contributed by atoms with Crippen LogP contribution in [0.15, 0.2) is 48.5 Å². The lowest BCUT2D eigenvalue weighted by Gasteiger charge is -2.34. The first-order chi connectivity index (χ1) is 17.8. The molecule has 2 rings (SSSR count). The molecule has 11 nitrogen and oxygen atoms in total. The van der Waals surface area contributed by atoms with Crippen molar-refractivity contribution in [1.29, 1.82) is 0 Å². The number of aryl methyl sites for hydroxylation is 1. The van der Waals surface area contributed by atoms with Crippen LogP contribution in [0.3, 0.4) is 0 Å². The Labute approximate surface area is 222 Å². The first kappa shape index (κ1) is 30.1. The lowest BCUT2D eigenvalue weighted by molar-refractivity contribution is -0.144. The second-order valence-corrected chi connectivity index (χ2v) is 9.78. The summed E-state index contributed by atoms with van der Waals surface area (Å²) in [6, 6.07) is 10.8. The number of amides is 4. The Balaban J connectivity index is 2.47. The SMILES string of the molecule is Cc1cc(C(C(=O)NCc2ccccc2)N(CCO)C(=O)C(CC(N)=O)NC(=O)OC(C)(C)C)ccc1O. The standard InChI is InChI=1S/C27H36N4O7/c1-17-14-19(10-11-21(17)33)23(24(35)29-16-18-8-6-5-7-9-18)31(12-13-32)25(36)20(15-22(28)34)30-26(37)38-27(2,3)4/h5-11,14,20,23,32-33H,12-13,15-16H2,1-4H3,(H2,28,34)(H,29,35)(H,30,37). The summed E-state index contributed by atoms with van der Waals surface area (Å²) >= 11 is 0. The zero-order valence-corrected chi connectivity index (χ0v) is 22.1. The van der Waals surface area contributed by atoms with Gasteiger partial charge in [-0.15, -0.1) is 0 Å². The number of primary amides is 1. The van der Waals surface area contributed by atoms with Crippen molar-refractivity contribution in [3.05, 3.63) is 65.2 Å². The molecule has 11 heteroatoms. The highest BCUT2D eigenvalue weighted by molar-refractivity contribution is 5.94. The number of nitrogens with two attached hydrogens (primary N) is 1. The first-order valence-corrected chi connectivity index (χ1v) is 12.1. The zero-order chi connectivity index (χ0) is 28.5. The van der Waals surface area contributed by atoms with Crippen LogP contribution in [0.4, 0.5) is 4.79 Å². The number of phenolic OH excluding ortho intramolecular Hbond substituents is 1. The second kappa shape index (κ2) is 13.4. The number of phenols is 1. The van der Waals surface area contributed by atoms with Gasteiger partial charge < -0.3 is 36.2 Å². The average Bonchev–Trinajstić information content (AvgIpc) is 2.83. The quantitative estimate of drug-likeness (QED) is 0.295. The van der Waals surface area contributed by atoms with Gasteiger partial charge in [0.1, 0.15) is 23.4 Å². The van der Waals surface area contributed by atoms with E-state index in [1.807, 2.05) is 30.3 Å². The Morgan fingerprint density at radius 2 is 1.74 bits per heavy atom. The summed E-state index contributed by atoms with van der Waals surface area (Å²) in [4.78, 5) is 52.5. The van der Waals surface area contributed by atoms with Gasteiger partial charge in [-0.2, -0.15) is 0 Å². The number of hydrogen-bond donors (Lipinski definition) is 5. The van der Waals surface area contributed by atoms with Crippen molar-refractivity contribution in [2.75, 3.05) is 13.2 Å². The third kappa shape index (κ3) is 9.07. The number of carbonyl (C=O) groups is 4. The van der Waals surface area contributed by atoms with Crippen molar-refractivity contribution in [2.45, 2.75) is 58.3 Å². The molecular weight excluding hydrogens is 492 g/mol. The maximum Gasteiger partial charge on any atom is 0.408 e. The second-order valence-electron chi connectivity index (χ2n) is 9.78. The molecule has 2 atom stereocenters. The summed E-state index contributed by atoms with van der Waals surface area (Å²) in [7, 11) is 0. The van der Waals surface area contributed by atoms with Crippen molar-refractivity contribution >= 4 is 23.8 Å². The van der Waals surface area contributed by atoms with E-state index in [1.54, 1.807) is 33.8 Å². The molecule has 0 aliphatic carbocycles. The third-order valence-electron chi connectivity index (χ3n) is 5.42. The van der Waals surface area contributed by atoms with E-state index in [-0.39, 0.29) is 18.8 Å². The topological polar surface area (TPSA) is 171 Å². The average molecular weight is 529 g/mol. The van der Waals surface area contributed by atoms with Crippen LogP contribution in [0.5, 0.6) is 5.75 Å². The van der Waals surface area contributed by atoms with Gasteiger partial charge in [-0.25, -0.2) is 4.79 Å². The molecule has 2 aromatic carbocycles. The molecule has 0 heterocycles. The molecule has 0 saturated heterocycles. The smallest absolute Gasteiger partial charge is 0.408 e. The van der Waals surface area contributed by atoms with E-state index < -0.39 is 54.5 Å².